The molecule has 0 radical (unpaired) electrons. The molecule has 1 unspecified atom stereocenters. The van der Waals surface area contributed by atoms with Crippen molar-refractivity contribution < 1.29 is 14.4 Å². The minimum absolute atomic E-state index is 0.209. The van der Waals surface area contributed by atoms with Gasteiger partial charge in [-0.05, 0) is 31.4 Å². The van der Waals surface area contributed by atoms with Gasteiger partial charge in [-0.1, -0.05) is 18.1 Å². The summed E-state index contributed by atoms with van der Waals surface area (Å²) in [5.41, 5.74) is -0.234. The van der Waals surface area contributed by atoms with Gasteiger partial charge < -0.3 is 19.4 Å². The molecule has 0 aliphatic carbocycles. The Labute approximate surface area is 147 Å². The summed E-state index contributed by atoms with van der Waals surface area (Å²) in [6.07, 6.45) is 3.94. The van der Waals surface area contributed by atoms with Gasteiger partial charge in [-0.25, -0.2) is 4.98 Å². The molecule has 2 aromatic rings. The van der Waals surface area contributed by atoms with Gasteiger partial charge in [0.25, 0.3) is 5.91 Å². The minimum Gasteiger partial charge on any atom is -0.386 e. The van der Waals surface area contributed by atoms with E-state index < -0.39 is 5.60 Å². The number of aliphatic hydroxyl groups is 1. The lowest BCUT2D eigenvalue weighted by Crippen LogP contribution is -2.54. The van der Waals surface area contributed by atoms with Crippen molar-refractivity contribution in [2.45, 2.75) is 31.8 Å². The number of anilines is 1. The van der Waals surface area contributed by atoms with Gasteiger partial charge in [0.15, 0.2) is 0 Å². The largest absolute Gasteiger partial charge is 0.386 e. The molecule has 134 valence electrons. The molecule has 1 atom stereocenters. The molecule has 0 spiro atoms. The highest BCUT2D eigenvalue weighted by molar-refractivity contribution is 5.91. The second-order valence-electron chi connectivity index (χ2n) is 6.63. The van der Waals surface area contributed by atoms with E-state index in [0.717, 1.165) is 24.5 Å². The monoisotopic (exact) mass is 344 g/mol. The summed E-state index contributed by atoms with van der Waals surface area (Å²) in [6.45, 7) is 3.47. The molecule has 1 fully saturated rings. The van der Waals surface area contributed by atoms with Crippen LogP contribution in [0.15, 0.2) is 35.0 Å². The highest BCUT2D eigenvalue weighted by Gasteiger charge is 2.36. The SMILES string of the molecule is CCc1cc(C(=O)N(C)CC2(O)CCCN(c3ccccn3)C2)on1. The lowest BCUT2D eigenvalue weighted by Gasteiger charge is -2.41. The van der Waals surface area contributed by atoms with E-state index in [1.54, 1.807) is 19.3 Å². The van der Waals surface area contributed by atoms with Gasteiger partial charge in [0.05, 0.1) is 17.8 Å². The van der Waals surface area contributed by atoms with E-state index in [4.69, 9.17) is 4.52 Å². The van der Waals surface area contributed by atoms with Crippen molar-refractivity contribution >= 4 is 11.7 Å². The van der Waals surface area contributed by atoms with E-state index in [0.29, 0.717) is 19.4 Å². The van der Waals surface area contributed by atoms with Crippen molar-refractivity contribution in [3.8, 4) is 0 Å². The van der Waals surface area contributed by atoms with Gasteiger partial charge in [-0.15, -0.1) is 0 Å². The van der Waals surface area contributed by atoms with Crippen molar-refractivity contribution in [1.29, 1.82) is 0 Å². The summed E-state index contributed by atoms with van der Waals surface area (Å²) < 4.78 is 5.11. The zero-order chi connectivity index (χ0) is 17.9. The van der Waals surface area contributed by atoms with Crippen LogP contribution in [0.5, 0.6) is 0 Å². The third-order valence-electron chi connectivity index (χ3n) is 4.54. The van der Waals surface area contributed by atoms with Crippen LogP contribution < -0.4 is 4.90 Å². The highest BCUT2D eigenvalue weighted by atomic mass is 16.5. The van der Waals surface area contributed by atoms with Crippen LogP contribution in [-0.4, -0.2) is 58.3 Å². The summed E-state index contributed by atoms with van der Waals surface area (Å²) in [5, 5.41) is 14.9. The summed E-state index contributed by atoms with van der Waals surface area (Å²) in [6, 6.07) is 7.39. The van der Waals surface area contributed by atoms with Crippen molar-refractivity contribution in [2.75, 3.05) is 31.6 Å². The van der Waals surface area contributed by atoms with Crippen LogP contribution in [0.4, 0.5) is 5.82 Å². The number of β-amino-alcohol motifs (C(OH)–C–C–N with tert-alkyl or cyclic N) is 1. The average Bonchev–Trinajstić information content (AvgIpc) is 3.10. The standard InChI is InChI=1S/C18H24N4O3/c1-3-14-11-15(25-20-14)17(23)21(2)12-18(24)8-6-10-22(13-18)16-7-4-5-9-19-16/h4-5,7,9,11,24H,3,6,8,10,12-13H2,1-2H3. The van der Waals surface area contributed by atoms with Gasteiger partial charge in [-0.3, -0.25) is 4.79 Å². The summed E-state index contributed by atoms with van der Waals surface area (Å²) in [7, 11) is 1.67. The smallest absolute Gasteiger partial charge is 0.292 e. The van der Waals surface area contributed by atoms with Crippen LogP contribution in [0.2, 0.25) is 0 Å². The number of pyridine rings is 1. The first-order chi connectivity index (χ1) is 12.0. The van der Waals surface area contributed by atoms with Gasteiger partial charge in [0, 0.05) is 32.4 Å². The molecule has 1 aliphatic heterocycles. The van der Waals surface area contributed by atoms with Gasteiger partial charge in [0.1, 0.15) is 5.82 Å². The molecular weight excluding hydrogens is 320 g/mol. The fourth-order valence-corrected chi connectivity index (χ4v) is 3.26. The maximum absolute atomic E-state index is 12.5. The lowest BCUT2D eigenvalue weighted by atomic mass is 9.92. The lowest BCUT2D eigenvalue weighted by molar-refractivity contribution is -0.00106. The molecule has 0 saturated carbocycles. The Balaban J connectivity index is 1.66. The van der Waals surface area contributed by atoms with E-state index in [-0.39, 0.29) is 18.2 Å². The molecule has 3 rings (SSSR count). The molecule has 2 aromatic heterocycles. The third-order valence-corrected chi connectivity index (χ3v) is 4.54. The molecule has 7 heteroatoms. The average molecular weight is 344 g/mol. The maximum Gasteiger partial charge on any atom is 0.292 e. The Morgan fingerprint density at radius 1 is 1.48 bits per heavy atom. The van der Waals surface area contributed by atoms with E-state index in [2.05, 4.69) is 15.0 Å². The molecule has 7 nitrogen and oxygen atoms in total. The van der Waals surface area contributed by atoms with Gasteiger partial charge >= 0.3 is 0 Å². The van der Waals surface area contributed by atoms with E-state index in [1.165, 1.54) is 4.90 Å². The Morgan fingerprint density at radius 2 is 2.32 bits per heavy atom. The van der Waals surface area contributed by atoms with Crippen molar-refractivity contribution in [1.82, 2.24) is 15.0 Å². The number of nitrogens with zero attached hydrogens (tertiary/aromatic N) is 4. The summed E-state index contributed by atoms with van der Waals surface area (Å²) >= 11 is 0. The molecule has 25 heavy (non-hydrogen) atoms. The molecule has 1 N–H and O–H groups in total. The number of hydrogen-bond donors (Lipinski definition) is 1. The van der Waals surface area contributed by atoms with Crippen LogP contribution in [0.25, 0.3) is 0 Å². The first-order valence-electron chi connectivity index (χ1n) is 8.60. The number of carbonyl (C=O) groups is 1. The van der Waals surface area contributed by atoms with Crippen LogP contribution in [0.3, 0.4) is 0 Å². The zero-order valence-corrected chi connectivity index (χ0v) is 14.7. The summed E-state index contributed by atoms with van der Waals surface area (Å²) in [5.74, 6) is 0.786. The predicted octanol–water partition coefficient (Wildman–Crippen LogP) is 1.74. The van der Waals surface area contributed by atoms with Crippen molar-refractivity contribution in [3.63, 3.8) is 0 Å². The number of likely N-dealkylation sites (N-methyl/N-ethyl adjacent to an activating group) is 1. The molecule has 0 bridgehead atoms. The van der Waals surface area contributed by atoms with Crippen LogP contribution in [0, 0.1) is 0 Å². The Bertz CT molecular complexity index is 718. The number of amides is 1. The van der Waals surface area contributed by atoms with Gasteiger partial charge in [-0.2, -0.15) is 0 Å². The van der Waals surface area contributed by atoms with E-state index >= 15 is 0 Å². The molecule has 1 amide bonds. The first-order valence-corrected chi connectivity index (χ1v) is 8.60. The Kier molecular flexibility index (Phi) is 5.03. The van der Waals surface area contributed by atoms with Crippen LogP contribution in [-0.2, 0) is 6.42 Å². The van der Waals surface area contributed by atoms with Gasteiger partial charge in [0.2, 0.25) is 5.76 Å². The normalized spacial score (nSPS) is 20.5. The molecule has 0 aromatic carbocycles. The molecule has 1 saturated heterocycles. The van der Waals surface area contributed by atoms with Crippen molar-refractivity contribution in [3.05, 3.63) is 41.9 Å². The zero-order valence-electron chi connectivity index (χ0n) is 14.7. The fraction of sp³-hybridized carbons (Fsp3) is 0.500. The topological polar surface area (TPSA) is 82.7 Å². The number of piperidine rings is 1. The molecule has 3 heterocycles. The number of hydrogen-bond acceptors (Lipinski definition) is 6. The quantitative estimate of drug-likeness (QED) is 0.889. The summed E-state index contributed by atoms with van der Waals surface area (Å²) in [4.78, 5) is 20.4. The van der Waals surface area contributed by atoms with E-state index in [9.17, 15) is 9.90 Å². The Hall–Kier alpha value is -2.41. The van der Waals surface area contributed by atoms with Crippen LogP contribution >= 0.6 is 0 Å². The third kappa shape index (κ3) is 3.99. The molecular formula is C18H24N4O3. The Morgan fingerprint density at radius 3 is 3.00 bits per heavy atom. The number of aromatic nitrogens is 2. The van der Waals surface area contributed by atoms with Crippen molar-refractivity contribution in [2.24, 2.45) is 0 Å². The highest BCUT2D eigenvalue weighted by Crippen LogP contribution is 2.26. The second-order valence-corrected chi connectivity index (χ2v) is 6.63. The minimum atomic E-state index is -0.978. The predicted molar refractivity (Wildman–Crippen MR) is 93.5 cm³/mol. The maximum atomic E-state index is 12.5. The fourth-order valence-electron chi connectivity index (χ4n) is 3.26. The van der Waals surface area contributed by atoms with E-state index in [1.807, 2.05) is 25.1 Å². The molecule has 1 aliphatic rings. The number of rotatable bonds is 5. The first kappa shape index (κ1) is 17.4. The second kappa shape index (κ2) is 7.23. The number of aryl methyl sites for hydroxylation is 1. The van der Waals surface area contributed by atoms with Crippen LogP contribution in [0.1, 0.15) is 36.0 Å². The number of carbonyl (C=O) groups excluding carboxylic acids is 1.